The van der Waals surface area contributed by atoms with Gasteiger partial charge in [0.2, 0.25) is 0 Å². The van der Waals surface area contributed by atoms with Gasteiger partial charge >= 0.3 is 0 Å². The van der Waals surface area contributed by atoms with Crippen LogP contribution in [0, 0.1) is 17.0 Å². The summed E-state index contributed by atoms with van der Waals surface area (Å²) in [4.78, 5) is 10.5. The van der Waals surface area contributed by atoms with Gasteiger partial charge in [0, 0.05) is 12.1 Å². The number of nitro benzene ring substituents is 1. The Morgan fingerprint density at radius 3 is 2.29 bits per heavy atom. The van der Waals surface area contributed by atoms with Crippen molar-refractivity contribution < 1.29 is 17.5 Å². The van der Waals surface area contributed by atoms with Crippen LogP contribution in [0.25, 0.3) is 0 Å². The first-order chi connectivity index (χ1) is 14.8. The molecular formula is C23H32N2O5S. The minimum atomic E-state index is -3.87. The second kappa shape index (κ2) is 12.5. The molecule has 2 aromatic carbocycles. The van der Waals surface area contributed by atoms with Gasteiger partial charge in [0.05, 0.1) is 9.82 Å². The summed E-state index contributed by atoms with van der Waals surface area (Å²) in [5, 5.41) is 14.0. The highest BCUT2D eigenvalue weighted by Gasteiger charge is 2.21. The van der Waals surface area contributed by atoms with Crippen LogP contribution < -0.4 is 5.32 Å². The number of non-ortho nitro benzene ring substituents is 1. The van der Waals surface area contributed by atoms with Crippen LogP contribution in [0.2, 0.25) is 0 Å². The Hall–Kier alpha value is -2.29. The monoisotopic (exact) mass is 448 g/mol. The van der Waals surface area contributed by atoms with E-state index in [-0.39, 0.29) is 10.6 Å². The van der Waals surface area contributed by atoms with Crippen LogP contribution in [0.15, 0.2) is 53.4 Å². The van der Waals surface area contributed by atoms with Crippen molar-refractivity contribution in [3.63, 3.8) is 0 Å². The molecule has 7 nitrogen and oxygen atoms in total. The Morgan fingerprint density at radius 1 is 1.00 bits per heavy atom. The van der Waals surface area contributed by atoms with E-state index < -0.39 is 21.3 Å². The topological polar surface area (TPSA) is 98.5 Å². The average molecular weight is 449 g/mol. The molecule has 0 aliphatic heterocycles. The summed E-state index contributed by atoms with van der Waals surface area (Å²) in [7, 11) is -3.87. The fourth-order valence-electron chi connectivity index (χ4n) is 3.19. The highest BCUT2D eigenvalue weighted by molar-refractivity contribution is 7.86. The number of aryl methyl sites for hydroxylation is 2. The Kier molecular flexibility index (Phi) is 10.1. The van der Waals surface area contributed by atoms with Crippen LogP contribution in [-0.4, -0.2) is 26.1 Å². The Labute approximate surface area is 185 Å². The van der Waals surface area contributed by atoms with E-state index in [1.54, 1.807) is 36.4 Å². The van der Waals surface area contributed by atoms with Gasteiger partial charge in [-0.25, -0.2) is 4.18 Å². The molecule has 1 unspecified atom stereocenters. The summed E-state index contributed by atoms with van der Waals surface area (Å²) >= 11 is 0. The van der Waals surface area contributed by atoms with E-state index in [1.807, 2.05) is 6.92 Å². The number of unbranched alkanes of at least 4 members (excludes halogenated alkanes) is 3. The first-order valence-electron chi connectivity index (χ1n) is 10.8. The van der Waals surface area contributed by atoms with Crippen LogP contribution in [0.3, 0.4) is 0 Å². The van der Waals surface area contributed by atoms with Crippen LogP contribution >= 0.6 is 0 Å². The van der Waals surface area contributed by atoms with E-state index >= 15 is 0 Å². The summed E-state index contributed by atoms with van der Waals surface area (Å²) in [6.45, 7) is 4.73. The molecule has 170 valence electrons. The lowest BCUT2D eigenvalue weighted by Gasteiger charge is -2.19. The molecule has 0 aliphatic carbocycles. The van der Waals surface area contributed by atoms with Gasteiger partial charge < -0.3 is 0 Å². The minimum absolute atomic E-state index is 0.0582. The maximum Gasteiger partial charge on any atom is 0.298 e. The first kappa shape index (κ1) is 25.0. The highest BCUT2D eigenvalue weighted by atomic mass is 32.2. The highest BCUT2D eigenvalue weighted by Crippen LogP contribution is 2.18. The summed E-state index contributed by atoms with van der Waals surface area (Å²) in [6.07, 6.45) is 5.59. The fraction of sp³-hybridized carbons (Fsp3) is 0.478. The third-order valence-electron chi connectivity index (χ3n) is 5.03. The summed E-state index contributed by atoms with van der Waals surface area (Å²) in [5.74, 6) is 0. The molecule has 2 rings (SSSR count). The summed E-state index contributed by atoms with van der Waals surface area (Å²) in [5.41, 5.74) is 2.00. The first-order valence-corrected chi connectivity index (χ1v) is 12.2. The molecule has 0 spiro atoms. The van der Waals surface area contributed by atoms with Crippen molar-refractivity contribution in [3.05, 3.63) is 69.8 Å². The van der Waals surface area contributed by atoms with Gasteiger partial charge in [0.15, 0.2) is 0 Å². The minimum Gasteiger partial charge on any atom is -0.291 e. The van der Waals surface area contributed by atoms with Crippen molar-refractivity contribution in [1.82, 2.24) is 5.32 Å². The molecule has 2 aromatic rings. The quantitative estimate of drug-likeness (QED) is 0.141. The SMILES string of the molecule is CCCCCCNC(CCCc1ccc([N+](=O)[O-])cc1)OS(=O)(=O)c1ccc(C)cc1. The van der Waals surface area contributed by atoms with Gasteiger partial charge in [-0.15, -0.1) is 0 Å². The molecule has 0 aliphatic rings. The number of hydrogen-bond acceptors (Lipinski definition) is 6. The fourth-order valence-corrected chi connectivity index (χ4v) is 4.24. The molecule has 0 fully saturated rings. The molecule has 8 heteroatoms. The third kappa shape index (κ3) is 8.77. The summed E-state index contributed by atoms with van der Waals surface area (Å²) < 4.78 is 30.9. The second-order valence-corrected chi connectivity index (χ2v) is 9.25. The van der Waals surface area contributed by atoms with Gasteiger partial charge in [-0.3, -0.25) is 15.4 Å². The predicted octanol–water partition coefficient (Wildman–Crippen LogP) is 5.13. The van der Waals surface area contributed by atoms with Crippen molar-refractivity contribution in [3.8, 4) is 0 Å². The molecular weight excluding hydrogens is 416 g/mol. The van der Waals surface area contributed by atoms with Crippen molar-refractivity contribution in [2.45, 2.75) is 69.9 Å². The normalized spacial score (nSPS) is 12.6. The lowest BCUT2D eigenvalue weighted by atomic mass is 10.1. The largest absolute Gasteiger partial charge is 0.298 e. The average Bonchev–Trinajstić information content (AvgIpc) is 2.74. The number of rotatable bonds is 14. The molecule has 1 N–H and O–H groups in total. The van der Waals surface area contributed by atoms with Crippen LogP contribution in [0.5, 0.6) is 0 Å². The van der Waals surface area contributed by atoms with Crippen LogP contribution in [-0.2, 0) is 20.7 Å². The number of nitro groups is 1. The lowest BCUT2D eigenvalue weighted by Crippen LogP contribution is -2.34. The van der Waals surface area contributed by atoms with Crippen molar-refractivity contribution in [1.29, 1.82) is 0 Å². The zero-order valence-electron chi connectivity index (χ0n) is 18.2. The zero-order valence-corrected chi connectivity index (χ0v) is 19.1. The maximum absolute atomic E-state index is 12.7. The third-order valence-corrected chi connectivity index (χ3v) is 6.37. The van der Waals surface area contributed by atoms with E-state index in [2.05, 4.69) is 12.2 Å². The zero-order chi connectivity index (χ0) is 22.7. The number of nitrogens with one attached hydrogen (secondary N) is 1. The van der Waals surface area contributed by atoms with Crippen molar-refractivity contribution in [2.24, 2.45) is 0 Å². The standard InChI is InChI=1S/C23H32N2O5S/c1-3-4-5-6-18-24-23(30-31(28,29)22-16-10-19(2)11-17-22)9-7-8-20-12-14-21(15-13-20)25(26)27/h10-17,23-24H,3-9,18H2,1-2H3. The predicted molar refractivity (Wildman–Crippen MR) is 121 cm³/mol. The summed E-state index contributed by atoms with van der Waals surface area (Å²) in [6, 6.07) is 13.0. The van der Waals surface area contributed by atoms with Gasteiger partial charge in [0.25, 0.3) is 15.8 Å². The smallest absolute Gasteiger partial charge is 0.291 e. The number of nitrogens with zero attached hydrogens (tertiary/aromatic N) is 1. The molecule has 0 amide bonds. The Bertz CT molecular complexity index is 912. The van der Waals surface area contributed by atoms with Gasteiger partial charge in [-0.05, 0) is 56.8 Å². The van der Waals surface area contributed by atoms with E-state index in [0.717, 1.165) is 36.8 Å². The Balaban J connectivity index is 1.96. The molecule has 0 bridgehead atoms. The Morgan fingerprint density at radius 2 is 1.68 bits per heavy atom. The van der Waals surface area contributed by atoms with Gasteiger partial charge in [0.1, 0.15) is 6.23 Å². The second-order valence-electron chi connectivity index (χ2n) is 7.68. The van der Waals surface area contributed by atoms with E-state index in [0.29, 0.717) is 25.8 Å². The molecule has 0 saturated heterocycles. The van der Waals surface area contributed by atoms with Gasteiger partial charge in [-0.2, -0.15) is 8.42 Å². The van der Waals surface area contributed by atoms with E-state index in [1.165, 1.54) is 12.1 Å². The van der Waals surface area contributed by atoms with Crippen molar-refractivity contribution >= 4 is 15.8 Å². The molecule has 1 atom stereocenters. The molecule has 31 heavy (non-hydrogen) atoms. The van der Waals surface area contributed by atoms with E-state index in [4.69, 9.17) is 4.18 Å². The number of hydrogen-bond donors (Lipinski definition) is 1. The molecule has 0 saturated carbocycles. The van der Waals surface area contributed by atoms with Gasteiger partial charge in [-0.1, -0.05) is 56.0 Å². The van der Waals surface area contributed by atoms with Crippen LogP contribution in [0.1, 0.15) is 56.6 Å². The van der Waals surface area contributed by atoms with E-state index in [9.17, 15) is 18.5 Å². The molecule has 0 radical (unpaired) electrons. The van der Waals surface area contributed by atoms with Crippen molar-refractivity contribution in [2.75, 3.05) is 6.54 Å². The molecule has 0 heterocycles. The number of benzene rings is 2. The molecule has 0 aromatic heterocycles. The van der Waals surface area contributed by atoms with Crippen LogP contribution in [0.4, 0.5) is 5.69 Å². The lowest BCUT2D eigenvalue weighted by molar-refractivity contribution is -0.384. The maximum atomic E-state index is 12.7.